The summed E-state index contributed by atoms with van der Waals surface area (Å²) < 4.78 is 17.2. The van der Waals surface area contributed by atoms with Gasteiger partial charge in [-0.05, 0) is 40.2 Å². The van der Waals surface area contributed by atoms with Crippen LogP contribution in [-0.2, 0) is 9.53 Å². The number of fused-ring (bicyclic) bond motifs is 1. The molecule has 0 saturated heterocycles. The van der Waals surface area contributed by atoms with Crippen LogP contribution in [0.25, 0.3) is 0 Å². The van der Waals surface area contributed by atoms with E-state index in [1.807, 2.05) is 0 Å². The first-order valence-electron chi connectivity index (χ1n) is 8.96. The topological polar surface area (TPSA) is 126 Å². The third-order valence-corrected chi connectivity index (χ3v) is 5.42. The molecule has 164 valence electrons. The van der Waals surface area contributed by atoms with E-state index >= 15 is 0 Å². The summed E-state index contributed by atoms with van der Waals surface area (Å²) in [4.78, 5) is 24.0. The van der Waals surface area contributed by atoms with E-state index in [-0.39, 0.29) is 12.5 Å². The molecule has 0 saturated carbocycles. The molecular weight excluding hydrogens is 540 g/mol. The van der Waals surface area contributed by atoms with Crippen LogP contribution in [0.1, 0.15) is 18.6 Å². The molecule has 0 aliphatic carbocycles. The van der Waals surface area contributed by atoms with Gasteiger partial charge in [-0.2, -0.15) is 0 Å². The molecule has 2 aromatic carbocycles. The van der Waals surface area contributed by atoms with Gasteiger partial charge in [-0.25, -0.2) is 10.3 Å². The van der Waals surface area contributed by atoms with E-state index in [1.165, 1.54) is 11.6 Å². The van der Waals surface area contributed by atoms with Crippen molar-refractivity contribution < 1.29 is 34.1 Å². The molecule has 4 N–H and O–H groups in total. The number of rotatable bonds is 6. The Kier molecular flexibility index (Phi) is 7.42. The highest BCUT2D eigenvalue weighted by Crippen LogP contribution is 2.40. The normalized spacial score (nSPS) is 14.2. The van der Waals surface area contributed by atoms with Gasteiger partial charge in [-0.15, -0.1) is 0 Å². The fraction of sp³-hybridized carbons (Fsp3) is 0.200. The summed E-state index contributed by atoms with van der Waals surface area (Å²) in [6.45, 7) is 1.79. The first-order valence-corrected chi connectivity index (χ1v) is 10.5. The number of ether oxygens (including phenoxy) is 3. The molecule has 0 bridgehead atoms. The van der Waals surface area contributed by atoms with Crippen molar-refractivity contribution in [3.05, 3.63) is 57.0 Å². The fourth-order valence-corrected chi connectivity index (χ4v) is 4.13. The number of phenols is 1. The van der Waals surface area contributed by atoms with Gasteiger partial charge in [-0.3, -0.25) is 15.3 Å². The molecule has 2 atom stereocenters. The van der Waals surface area contributed by atoms with Gasteiger partial charge in [0.2, 0.25) is 6.79 Å². The van der Waals surface area contributed by atoms with Gasteiger partial charge in [0.1, 0.15) is 11.9 Å². The first-order chi connectivity index (χ1) is 14.8. The Morgan fingerprint density at radius 3 is 2.68 bits per heavy atom. The number of hydrogen-bond donors (Lipinski definition) is 4. The molecule has 0 spiro atoms. The number of hydrogen-bond acceptors (Lipinski definition) is 7. The standard InChI is InChI=1S/C20H18Br2N2O7/c1-10(2-5-17(25)24-28)19(13-6-11(21)7-14(22)18(13)26)31-20(27)23-12-3-4-15-16(8-12)30-9-29-15/h2-8,10,19,26,28H,9H2,1H3,(H,23,27)(H,24,25)/b5-2+/t10-,19+/m0/s1. The highest BCUT2D eigenvalue weighted by atomic mass is 79.9. The number of halogens is 2. The molecular formula is C20H18Br2N2O7. The molecule has 3 rings (SSSR count). The zero-order chi connectivity index (χ0) is 22.5. The van der Waals surface area contributed by atoms with Gasteiger partial charge in [0.05, 0.1) is 4.47 Å². The van der Waals surface area contributed by atoms with Crippen molar-refractivity contribution >= 4 is 49.5 Å². The van der Waals surface area contributed by atoms with Crippen LogP contribution >= 0.6 is 31.9 Å². The van der Waals surface area contributed by atoms with Crippen LogP contribution in [0.5, 0.6) is 17.2 Å². The van der Waals surface area contributed by atoms with Gasteiger partial charge < -0.3 is 19.3 Å². The van der Waals surface area contributed by atoms with Crippen molar-refractivity contribution in [1.29, 1.82) is 0 Å². The summed E-state index contributed by atoms with van der Waals surface area (Å²) >= 11 is 6.61. The number of carbonyl (C=O) groups excluding carboxylic acids is 2. The van der Waals surface area contributed by atoms with Gasteiger partial charge in [0.15, 0.2) is 11.5 Å². The number of carbonyl (C=O) groups is 2. The Balaban J connectivity index is 1.84. The minimum absolute atomic E-state index is 0.105. The molecule has 9 nitrogen and oxygen atoms in total. The van der Waals surface area contributed by atoms with Crippen molar-refractivity contribution in [2.75, 3.05) is 12.1 Å². The number of amides is 2. The predicted molar refractivity (Wildman–Crippen MR) is 117 cm³/mol. The van der Waals surface area contributed by atoms with Crippen molar-refractivity contribution in [2.24, 2.45) is 5.92 Å². The number of nitrogens with one attached hydrogen (secondary N) is 2. The summed E-state index contributed by atoms with van der Waals surface area (Å²) in [5.41, 5.74) is 2.23. The first kappa shape index (κ1) is 22.9. The van der Waals surface area contributed by atoms with Crippen molar-refractivity contribution in [3.63, 3.8) is 0 Å². The minimum atomic E-state index is -0.967. The van der Waals surface area contributed by atoms with Crippen molar-refractivity contribution in [3.8, 4) is 17.2 Å². The molecule has 0 fully saturated rings. The van der Waals surface area contributed by atoms with Crippen LogP contribution in [-0.4, -0.2) is 29.1 Å². The molecule has 0 radical (unpaired) electrons. The number of aromatic hydroxyl groups is 1. The molecule has 2 amide bonds. The average molecular weight is 558 g/mol. The summed E-state index contributed by atoms with van der Waals surface area (Å²) in [7, 11) is 0. The number of phenolic OH excluding ortho intramolecular Hbond substituents is 1. The van der Waals surface area contributed by atoms with Gasteiger partial charge in [0, 0.05) is 33.8 Å². The van der Waals surface area contributed by atoms with Crippen LogP contribution in [0.3, 0.4) is 0 Å². The predicted octanol–water partition coefficient (Wildman–Crippen LogP) is 4.63. The highest BCUT2D eigenvalue weighted by Gasteiger charge is 2.27. The molecule has 1 aliphatic rings. The SMILES string of the molecule is C[C@@H](/C=C/C(=O)NO)[C@@H](OC(=O)Nc1ccc2c(c1)OCO2)c1cc(Br)cc(Br)c1O. The van der Waals surface area contributed by atoms with E-state index in [0.29, 0.717) is 31.7 Å². The summed E-state index contributed by atoms with van der Waals surface area (Å²) in [6, 6.07) is 8.13. The maximum Gasteiger partial charge on any atom is 0.412 e. The maximum atomic E-state index is 12.6. The lowest BCUT2D eigenvalue weighted by molar-refractivity contribution is -0.124. The van der Waals surface area contributed by atoms with Crippen LogP contribution in [0.15, 0.2) is 51.4 Å². The number of anilines is 1. The third kappa shape index (κ3) is 5.69. The summed E-state index contributed by atoms with van der Waals surface area (Å²) in [5, 5.41) is 21.8. The van der Waals surface area contributed by atoms with Crippen LogP contribution < -0.4 is 20.3 Å². The highest BCUT2D eigenvalue weighted by molar-refractivity contribution is 9.11. The second-order valence-corrected chi connectivity index (χ2v) is 8.31. The second-order valence-electron chi connectivity index (χ2n) is 6.54. The van der Waals surface area contributed by atoms with E-state index in [0.717, 1.165) is 6.08 Å². The Morgan fingerprint density at radius 1 is 1.19 bits per heavy atom. The zero-order valence-electron chi connectivity index (χ0n) is 16.1. The average Bonchev–Trinajstić information content (AvgIpc) is 3.20. The van der Waals surface area contributed by atoms with Crippen LogP contribution in [0.4, 0.5) is 10.5 Å². The minimum Gasteiger partial charge on any atom is -0.506 e. The molecule has 0 aromatic heterocycles. The summed E-state index contributed by atoms with van der Waals surface area (Å²) in [5.74, 6) is -0.339. The summed E-state index contributed by atoms with van der Waals surface area (Å²) in [6.07, 6.45) is 0.788. The number of hydroxylamine groups is 1. The largest absolute Gasteiger partial charge is 0.506 e. The number of benzene rings is 2. The Morgan fingerprint density at radius 2 is 1.94 bits per heavy atom. The lowest BCUT2D eigenvalue weighted by Crippen LogP contribution is -2.22. The van der Waals surface area contributed by atoms with Gasteiger partial charge >= 0.3 is 6.09 Å². The van der Waals surface area contributed by atoms with E-state index in [4.69, 9.17) is 19.4 Å². The molecule has 1 heterocycles. The van der Waals surface area contributed by atoms with Gasteiger partial charge in [0.25, 0.3) is 5.91 Å². The van der Waals surface area contributed by atoms with Crippen molar-refractivity contribution in [1.82, 2.24) is 5.48 Å². The van der Waals surface area contributed by atoms with E-state index < -0.39 is 24.0 Å². The van der Waals surface area contributed by atoms with E-state index in [2.05, 4.69) is 37.2 Å². The van der Waals surface area contributed by atoms with Crippen molar-refractivity contribution in [2.45, 2.75) is 13.0 Å². The van der Waals surface area contributed by atoms with E-state index in [9.17, 15) is 14.7 Å². The van der Waals surface area contributed by atoms with Crippen LogP contribution in [0, 0.1) is 5.92 Å². The fourth-order valence-electron chi connectivity index (χ4n) is 2.87. The van der Waals surface area contributed by atoms with E-state index in [1.54, 1.807) is 37.3 Å². The monoisotopic (exact) mass is 556 g/mol. The molecule has 11 heteroatoms. The lowest BCUT2D eigenvalue weighted by atomic mass is 9.96. The smallest absolute Gasteiger partial charge is 0.412 e. The molecule has 1 aliphatic heterocycles. The Bertz CT molecular complexity index is 1030. The maximum absolute atomic E-state index is 12.6. The Labute approximate surface area is 194 Å². The van der Waals surface area contributed by atoms with Crippen LogP contribution in [0.2, 0.25) is 0 Å². The molecule has 31 heavy (non-hydrogen) atoms. The Hall–Kier alpha value is -2.76. The lowest BCUT2D eigenvalue weighted by Gasteiger charge is -2.24. The molecule has 0 unspecified atom stereocenters. The van der Waals surface area contributed by atoms with Gasteiger partial charge in [-0.1, -0.05) is 28.9 Å². The zero-order valence-corrected chi connectivity index (χ0v) is 19.3. The second kappa shape index (κ2) is 10.0. The quantitative estimate of drug-likeness (QED) is 0.232. The third-order valence-electron chi connectivity index (χ3n) is 4.36. The molecule has 2 aromatic rings.